The molecule has 1 atom stereocenters. The summed E-state index contributed by atoms with van der Waals surface area (Å²) in [6, 6.07) is 12.9. The van der Waals surface area contributed by atoms with E-state index in [0.717, 1.165) is 38.0 Å². The van der Waals surface area contributed by atoms with Gasteiger partial charge in [0.15, 0.2) is 0 Å². The van der Waals surface area contributed by atoms with Gasteiger partial charge in [0.1, 0.15) is 0 Å². The number of likely N-dealkylation sites (N-methyl/N-ethyl adjacent to an activating group) is 1. The Morgan fingerprint density at radius 1 is 1.30 bits per heavy atom. The zero-order valence-corrected chi connectivity index (χ0v) is 14.5. The SMILES string of the molecule is CN(C(=O)c1ccsc1)[C@H]1CCCN(CCc2ccccc2)C1. The summed E-state index contributed by atoms with van der Waals surface area (Å²) in [6.07, 6.45) is 3.35. The molecule has 4 heteroatoms. The van der Waals surface area contributed by atoms with E-state index in [-0.39, 0.29) is 5.91 Å². The van der Waals surface area contributed by atoms with Crippen molar-refractivity contribution in [2.24, 2.45) is 0 Å². The molecule has 2 heterocycles. The minimum absolute atomic E-state index is 0.154. The summed E-state index contributed by atoms with van der Waals surface area (Å²) in [5.74, 6) is 0.154. The second-order valence-corrected chi connectivity index (χ2v) is 7.04. The Morgan fingerprint density at radius 2 is 2.13 bits per heavy atom. The van der Waals surface area contributed by atoms with Gasteiger partial charge in [-0.3, -0.25) is 4.79 Å². The van der Waals surface area contributed by atoms with E-state index in [1.807, 2.05) is 28.8 Å². The van der Waals surface area contributed by atoms with Crippen molar-refractivity contribution < 1.29 is 4.79 Å². The van der Waals surface area contributed by atoms with Gasteiger partial charge >= 0.3 is 0 Å². The predicted molar refractivity (Wildman–Crippen MR) is 96.0 cm³/mol. The van der Waals surface area contributed by atoms with Crippen LogP contribution >= 0.6 is 11.3 Å². The number of rotatable bonds is 5. The number of hydrogen-bond acceptors (Lipinski definition) is 3. The van der Waals surface area contributed by atoms with Crippen molar-refractivity contribution in [2.45, 2.75) is 25.3 Å². The molecule has 2 aromatic rings. The van der Waals surface area contributed by atoms with Crippen LogP contribution in [-0.4, -0.2) is 48.4 Å². The molecule has 0 unspecified atom stereocenters. The number of amides is 1. The standard InChI is InChI=1S/C19H24N2OS/c1-20(19(22)17-10-13-23-15-17)18-8-5-11-21(14-18)12-9-16-6-3-2-4-7-16/h2-4,6-7,10,13,15,18H,5,8-9,11-12,14H2,1H3/t18-/m0/s1. The maximum Gasteiger partial charge on any atom is 0.254 e. The van der Waals surface area contributed by atoms with Gasteiger partial charge in [0.25, 0.3) is 5.91 Å². The molecule has 0 radical (unpaired) electrons. The van der Waals surface area contributed by atoms with E-state index < -0.39 is 0 Å². The van der Waals surface area contributed by atoms with E-state index in [1.54, 1.807) is 11.3 Å². The van der Waals surface area contributed by atoms with E-state index in [4.69, 9.17) is 0 Å². The van der Waals surface area contributed by atoms with Gasteiger partial charge in [-0.1, -0.05) is 30.3 Å². The summed E-state index contributed by atoms with van der Waals surface area (Å²) >= 11 is 1.58. The summed E-state index contributed by atoms with van der Waals surface area (Å²) in [5, 5.41) is 3.91. The fraction of sp³-hybridized carbons (Fsp3) is 0.421. The number of thiophene rings is 1. The lowest BCUT2D eigenvalue weighted by atomic mass is 10.0. The molecule has 3 nitrogen and oxygen atoms in total. The normalized spacial score (nSPS) is 18.7. The van der Waals surface area contributed by atoms with Crippen molar-refractivity contribution >= 4 is 17.2 Å². The summed E-state index contributed by atoms with van der Waals surface area (Å²) in [7, 11) is 1.95. The lowest BCUT2D eigenvalue weighted by Gasteiger charge is -2.37. The zero-order chi connectivity index (χ0) is 16.1. The molecular formula is C19H24N2OS. The molecule has 122 valence electrons. The monoisotopic (exact) mass is 328 g/mol. The van der Waals surface area contributed by atoms with E-state index in [2.05, 4.69) is 35.2 Å². The lowest BCUT2D eigenvalue weighted by Crippen LogP contribution is -2.48. The fourth-order valence-corrected chi connectivity index (χ4v) is 3.87. The molecule has 0 bridgehead atoms. The molecule has 0 N–H and O–H groups in total. The van der Waals surface area contributed by atoms with Crippen molar-refractivity contribution in [3.63, 3.8) is 0 Å². The van der Waals surface area contributed by atoms with Gasteiger partial charge in [0.2, 0.25) is 0 Å². The highest BCUT2D eigenvalue weighted by atomic mass is 32.1. The van der Waals surface area contributed by atoms with Crippen LogP contribution in [0.5, 0.6) is 0 Å². The van der Waals surface area contributed by atoms with Gasteiger partial charge in [-0.25, -0.2) is 0 Å². The number of benzene rings is 1. The Bertz CT molecular complexity index is 612. The highest BCUT2D eigenvalue weighted by Crippen LogP contribution is 2.18. The van der Waals surface area contributed by atoms with E-state index in [9.17, 15) is 4.79 Å². The molecule has 0 aliphatic carbocycles. The fourth-order valence-electron chi connectivity index (χ4n) is 3.24. The highest BCUT2D eigenvalue weighted by molar-refractivity contribution is 7.08. The van der Waals surface area contributed by atoms with Crippen LogP contribution in [0.1, 0.15) is 28.8 Å². The van der Waals surface area contributed by atoms with Crippen LogP contribution in [0, 0.1) is 0 Å². The van der Waals surface area contributed by atoms with Gasteiger partial charge in [-0.05, 0) is 42.8 Å². The molecule has 1 amide bonds. The van der Waals surface area contributed by atoms with Crippen LogP contribution in [-0.2, 0) is 6.42 Å². The van der Waals surface area contributed by atoms with Gasteiger partial charge in [-0.15, -0.1) is 0 Å². The average molecular weight is 328 g/mol. The number of piperidine rings is 1. The number of carbonyl (C=O) groups is 1. The molecule has 1 aliphatic rings. The second kappa shape index (κ2) is 7.75. The molecule has 0 saturated carbocycles. The molecule has 1 aliphatic heterocycles. The molecular weight excluding hydrogens is 304 g/mol. The second-order valence-electron chi connectivity index (χ2n) is 6.26. The van der Waals surface area contributed by atoms with E-state index in [0.29, 0.717) is 6.04 Å². The van der Waals surface area contributed by atoms with Crippen LogP contribution < -0.4 is 0 Å². The highest BCUT2D eigenvalue weighted by Gasteiger charge is 2.26. The third-order valence-corrected chi connectivity index (χ3v) is 5.36. The smallest absolute Gasteiger partial charge is 0.254 e. The van der Waals surface area contributed by atoms with Gasteiger partial charge in [0, 0.05) is 31.6 Å². The van der Waals surface area contributed by atoms with Crippen molar-refractivity contribution in [1.29, 1.82) is 0 Å². The van der Waals surface area contributed by atoms with Crippen molar-refractivity contribution in [3.8, 4) is 0 Å². The Morgan fingerprint density at radius 3 is 2.87 bits per heavy atom. The number of nitrogens with zero attached hydrogens (tertiary/aromatic N) is 2. The third kappa shape index (κ3) is 4.21. The average Bonchev–Trinajstić information content (AvgIpc) is 3.14. The van der Waals surface area contributed by atoms with Gasteiger partial charge in [0.05, 0.1) is 5.56 Å². The van der Waals surface area contributed by atoms with Crippen LogP contribution in [0.25, 0.3) is 0 Å². The first-order valence-corrected chi connectivity index (χ1v) is 9.24. The first-order valence-electron chi connectivity index (χ1n) is 8.29. The summed E-state index contributed by atoms with van der Waals surface area (Å²) in [4.78, 5) is 16.9. The van der Waals surface area contributed by atoms with Crippen molar-refractivity contribution in [1.82, 2.24) is 9.80 Å². The molecule has 1 aromatic heterocycles. The van der Waals surface area contributed by atoms with Crippen molar-refractivity contribution in [3.05, 3.63) is 58.3 Å². The topological polar surface area (TPSA) is 23.6 Å². The molecule has 1 aromatic carbocycles. The molecule has 23 heavy (non-hydrogen) atoms. The summed E-state index contributed by atoms with van der Waals surface area (Å²) in [6.45, 7) is 3.20. The van der Waals surface area contributed by atoms with Crippen LogP contribution in [0.15, 0.2) is 47.2 Å². The predicted octanol–water partition coefficient (Wildman–Crippen LogP) is 3.53. The number of carbonyl (C=O) groups excluding carboxylic acids is 1. The maximum absolute atomic E-state index is 12.5. The lowest BCUT2D eigenvalue weighted by molar-refractivity contribution is 0.0620. The van der Waals surface area contributed by atoms with Crippen LogP contribution in [0.3, 0.4) is 0 Å². The maximum atomic E-state index is 12.5. The number of likely N-dealkylation sites (tertiary alicyclic amines) is 1. The largest absolute Gasteiger partial charge is 0.337 e. The first kappa shape index (κ1) is 16.2. The number of hydrogen-bond donors (Lipinski definition) is 0. The molecule has 0 spiro atoms. The van der Waals surface area contributed by atoms with Crippen LogP contribution in [0.2, 0.25) is 0 Å². The molecule has 3 rings (SSSR count). The Hall–Kier alpha value is -1.65. The Labute approximate surface area is 142 Å². The van der Waals surface area contributed by atoms with Crippen molar-refractivity contribution in [2.75, 3.05) is 26.7 Å². The van der Waals surface area contributed by atoms with Gasteiger partial charge in [-0.2, -0.15) is 11.3 Å². The first-order chi connectivity index (χ1) is 11.2. The van der Waals surface area contributed by atoms with Crippen LogP contribution in [0.4, 0.5) is 0 Å². The molecule has 1 saturated heterocycles. The summed E-state index contributed by atoms with van der Waals surface area (Å²) < 4.78 is 0. The van der Waals surface area contributed by atoms with E-state index in [1.165, 1.54) is 12.0 Å². The minimum Gasteiger partial charge on any atom is -0.337 e. The quantitative estimate of drug-likeness (QED) is 0.838. The van der Waals surface area contributed by atoms with Gasteiger partial charge < -0.3 is 9.80 Å². The third-order valence-electron chi connectivity index (χ3n) is 4.68. The Kier molecular flexibility index (Phi) is 5.47. The minimum atomic E-state index is 0.154. The summed E-state index contributed by atoms with van der Waals surface area (Å²) in [5.41, 5.74) is 2.20. The van der Waals surface area contributed by atoms with E-state index >= 15 is 0 Å². The zero-order valence-electron chi connectivity index (χ0n) is 13.6. The Balaban J connectivity index is 1.54. The molecule has 1 fully saturated rings.